The molecule has 0 N–H and O–H groups in total. The predicted molar refractivity (Wildman–Crippen MR) is 96.1 cm³/mol. The summed E-state index contributed by atoms with van der Waals surface area (Å²) < 4.78 is 7.99. The SMILES string of the molecule is CN(Cc1cccnc1)Cc1cnc2n1CCN([C@H]1CCOC1)CC2. The molecular weight excluding hydrogens is 314 g/mol. The van der Waals surface area contributed by atoms with Gasteiger partial charge in [0.05, 0.1) is 12.3 Å². The third-order valence-corrected chi connectivity index (χ3v) is 5.28. The van der Waals surface area contributed by atoms with Crippen LogP contribution in [0.1, 0.15) is 23.5 Å². The summed E-state index contributed by atoms with van der Waals surface area (Å²) in [7, 11) is 2.16. The van der Waals surface area contributed by atoms with Crippen molar-refractivity contribution in [1.82, 2.24) is 24.3 Å². The minimum Gasteiger partial charge on any atom is -0.380 e. The number of nitrogens with zero attached hydrogens (tertiary/aromatic N) is 5. The van der Waals surface area contributed by atoms with Crippen LogP contribution >= 0.6 is 0 Å². The molecule has 0 radical (unpaired) electrons. The van der Waals surface area contributed by atoms with Crippen LogP contribution in [0.5, 0.6) is 0 Å². The van der Waals surface area contributed by atoms with Crippen LogP contribution in [0.2, 0.25) is 0 Å². The Hall–Kier alpha value is -1.76. The molecule has 2 aliphatic rings. The molecule has 6 nitrogen and oxygen atoms in total. The number of imidazole rings is 1. The Morgan fingerprint density at radius 3 is 3.00 bits per heavy atom. The molecule has 0 saturated carbocycles. The quantitative estimate of drug-likeness (QED) is 0.826. The molecule has 0 aromatic carbocycles. The smallest absolute Gasteiger partial charge is 0.110 e. The van der Waals surface area contributed by atoms with E-state index in [2.05, 4.69) is 38.7 Å². The van der Waals surface area contributed by atoms with E-state index in [1.165, 1.54) is 23.5 Å². The summed E-state index contributed by atoms with van der Waals surface area (Å²) >= 11 is 0. The van der Waals surface area contributed by atoms with Crippen LogP contribution < -0.4 is 0 Å². The number of fused-ring (bicyclic) bond motifs is 1. The molecule has 1 fully saturated rings. The van der Waals surface area contributed by atoms with Gasteiger partial charge in [0.25, 0.3) is 0 Å². The van der Waals surface area contributed by atoms with Gasteiger partial charge >= 0.3 is 0 Å². The van der Waals surface area contributed by atoms with Crippen LogP contribution in [0.25, 0.3) is 0 Å². The van der Waals surface area contributed by atoms with Crippen LogP contribution in [-0.2, 0) is 30.8 Å². The van der Waals surface area contributed by atoms with Gasteiger partial charge < -0.3 is 9.30 Å². The van der Waals surface area contributed by atoms with Crippen LogP contribution in [-0.4, -0.2) is 63.7 Å². The van der Waals surface area contributed by atoms with E-state index in [0.717, 1.165) is 52.4 Å². The molecule has 1 atom stereocenters. The Balaban J connectivity index is 1.39. The second kappa shape index (κ2) is 7.64. The molecule has 2 aromatic heterocycles. The van der Waals surface area contributed by atoms with E-state index in [9.17, 15) is 0 Å². The first-order valence-electron chi connectivity index (χ1n) is 9.22. The first-order chi connectivity index (χ1) is 12.3. The molecule has 4 rings (SSSR count). The van der Waals surface area contributed by atoms with Gasteiger partial charge in [-0.25, -0.2) is 4.98 Å². The van der Waals surface area contributed by atoms with Gasteiger partial charge in [-0.05, 0) is 25.1 Å². The van der Waals surface area contributed by atoms with E-state index < -0.39 is 0 Å². The normalized spacial score (nSPS) is 21.4. The molecule has 0 bridgehead atoms. The molecule has 1 saturated heterocycles. The van der Waals surface area contributed by atoms with Gasteiger partial charge in [-0.3, -0.25) is 14.8 Å². The van der Waals surface area contributed by atoms with Crippen molar-refractivity contribution in [2.75, 3.05) is 33.4 Å². The molecule has 4 heterocycles. The van der Waals surface area contributed by atoms with Gasteiger partial charge in [-0.2, -0.15) is 0 Å². The predicted octanol–water partition coefficient (Wildman–Crippen LogP) is 1.56. The summed E-state index contributed by atoms with van der Waals surface area (Å²) in [5, 5.41) is 0. The van der Waals surface area contributed by atoms with Gasteiger partial charge in [0, 0.05) is 70.4 Å². The lowest BCUT2D eigenvalue weighted by atomic mass is 10.2. The van der Waals surface area contributed by atoms with Crippen molar-refractivity contribution >= 4 is 0 Å². The second-order valence-corrected chi connectivity index (χ2v) is 7.15. The largest absolute Gasteiger partial charge is 0.380 e. The number of ether oxygens (including phenoxy) is 1. The average Bonchev–Trinajstić information content (AvgIpc) is 3.23. The Bertz CT molecular complexity index is 680. The summed E-state index contributed by atoms with van der Waals surface area (Å²) in [4.78, 5) is 13.8. The third kappa shape index (κ3) is 3.92. The van der Waals surface area contributed by atoms with Gasteiger partial charge in [-0.1, -0.05) is 6.07 Å². The van der Waals surface area contributed by atoms with Gasteiger partial charge in [-0.15, -0.1) is 0 Å². The average molecular weight is 341 g/mol. The van der Waals surface area contributed by atoms with Crippen molar-refractivity contribution in [2.45, 2.75) is 38.5 Å². The standard InChI is InChI=1S/C19H27N5O/c1-22(13-16-3-2-6-20-11-16)14-18-12-21-19-4-7-23(8-9-24(18)19)17-5-10-25-15-17/h2-3,6,11-12,17H,4-5,7-10,13-15H2,1H3/t17-/m0/s1. The number of aromatic nitrogens is 3. The third-order valence-electron chi connectivity index (χ3n) is 5.28. The zero-order chi connectivity index (χ0) is 17.1. The summed E-state index contributed by atoms with van der Waals surface area (Å²) in [6, 6.07) is 4.72. The summed E-state index contributed by atoms with van der Waals surface area (Å²) in [6.45, 7) is 6.84. The maximum absolute atomic E-state index is 5.57. The van der Waals surface area contributed by atoms with Crippen LogP contribution in [0, 0.1) is 0 Å². The molecular formula is C19H27N5O. The molecule has 0 aliphatic carbocycles. The maximum atomic E-state index is 5.57. The van der Waals surface area contributed by atoms with Gasteiger partial charge in [0.2, 0.25) is 0 Å². The molecule has 134 valence electrons. The lowest BCUT2D eigenvalue weighted by molar-refractivity contribution is 0.145. The first kappa shape index (κ1) is 16.7. The van der Waals surface area contributed by atoms with E-state index in [0.29, 0.717) is 6.04 Å². The second-order valence-electron chi connectivity index (χ2n) is 7.15. The van der Waals surface area contributed by atoms with E-state index in [4.69, 9.17) is 9.72 Å². The lowest BCUT2D eigenvalue weighted by Gasteiger charge is -2.25. The summed E-state index contributed by atoms with van der Waals surface area (Å²) in [5.74, 6) is 1.23. The van der Waals surface area contributed by atoms with Crippen LogP contribution in [0.3, 0.4) is 0 Å². The lowest BCUT2D eigenvalue weighted by Crippen LogP contribution is -2.37. The fourth-order valence-electron chi connectivity index (χ4n) is 3.95. The monoisotopic (exact) mass is 341 g/mol. The number of hydrogen-bond donors (Lipinski definition) is 0. The summed E-state index contributed by atoms with van der Waals surface area (Å²) in [5.41, 5.74) is 2.55. The molecule has 6 heteroatoms. The van der Waals surface area contributed by atoms with E-state index in [-0.39, 0.29) is 0 Å². The molecule has 2 aromatic rings. The van der Waals surface area contributed by atoms with E-state index in [1.807, 2.05) is 18.5 Å². The minimum absolute atomic E-state index is 0.598. The van der Waals surface area contributed by atoms with Gasteiger partial charge in [0.15, 0.2) is 0 Å². The highest BCUT2D eigenvalue weighted by molar-refractivity contribution is 5.10. The maximum Gasteiger partial charge on any atom is 0.110 e. The Kier molecular flexibility index (Phi) is 5.10. The topological polar surface area (TPSA) is 46.4 Å². The highest BCUT2D eigenvalue weighted by atomic mass is 16.5. The highest BCUT2D eigenvalue weighted by Gasteiger charge is 2.26. The van der Waals surface area contributed by atoms with E-state index >= 15 is 0 Å². The Morgan fingerprint density at radius 1 is 1.24 bits per heavy atom. The van der Waals surface area contributed by atoms with Crippen molar-refractivity contribution in [1.29, 1.82) is 0 Å². The molecule has 0 spiro atoms. The van der Waals surface area contributed by atoms with Crippen molar-refractivity contribution < 1.29 is 4.74 Å². The van der Waals surface area contributed by atoms with E-state index in [1.54, 1.807) is 0 Å². The first-order valence-corrected chi connectivity index (χ1v) is 9.22. The van der Waals surface area contributed by atoms with Crippen molar-refractivity contribution in [3.05, 3.63) is 47.8 Å². The number of rotatable bonds is 5. The molecule has 25 heavy (non-hydrogen) atoms. The zero-order valence-electron chi connectivity index (χ0n) is 15.0. The van der Waals surface area contributed by atoms with Crippen molar-refractivity contribution in [3.8, 4) is 0 Å². The fraction of sp³-hybridized carbons (Fsp3) is 0.579. The van der Waals surface area contributed by atoms with Crippen molar-refractivity contribution in [3.63, 3.8) is 0 Å². The van der Waals surface area contributed by atoms with Crippen LogP contribution in [0.4, 0.5) is 0 Å². The molecule has 0 unspecified atom stereocenters. The molecule has 0 amide bonds. The Morgan fingerprint density at radius 2 is 2.20 bits per heavy atom. The van der Waals surface area contributed by atoms with Crippen LogP contribution in [0.15, 0.2) is 30.7 Å². The highest BCUT2D eigenvalue weighted by Crippen LogP contribution is 2.18. The fourth-order valence-corrected chi connectivity index (χ4v) is 3.95. The minimum atomic E-state index is 0.598. The van der Waals surface area contributed by atoms with Gasteiger partial charge in [0.1, 0.15) is 5.82 Å². The zero-order valence-corrected chi connectivity index (χ0v) is 15.0. The number of pyridine rings is 1. The van der Waals surface area contributed by atoms with Crippen molar-refractivity contribution in [2.24, 2.45) is 0 Å². The Labute approximate surface area is 149 Å². The summed E-state index contributed by atoms with van der Waals surface area (Å²) in [6.07, 6.45) is 8.02. The number of hydrogen-bond acceptors (Lipinski definition) is 5. The molecule has 2 aliphatic heterocycles.